The summed E-state index contributed by atoms with van der Waals surface area (Å²) in [6.07, 6.45) is 4.52. The summed E-state index contributed by atoms with van der Waals surface area (Å²) in [5.41, 5.74) is 4.63. The van der Waals surface area contributed by atoms with Crippen LogP contribution >= 0.6 is 0 Å². The van der Waals surface area contributed by atoms with Gasteiger partial charge >= 0.3 is 0 Å². The molecule has 0 spiro atoms. The van der Waals surface area contributed by atoms with E-state index in [2.05, 4.69) is 42.0 Å². The molecule has 2 aromatic rings. The molecule has 6 nitrogen and oxygen atoms in total. The van der Waals surface area contributed by atoms with Crippen molar-refractivity contribution in [2.24, 2.45) is 12.5 Å². The van der Waals surface area contributed by atoms with Crippen LogP contribution in [-0.2, 0) is 11.8 Å². The van der Waals surface area contributed by atoms with E-state index in [4.69, 9.17) is 4.74 Å². The summed E-state index contributed by atoms with van der Waals surface area (Å²) in [6.45, 7) is 10.3. The lowest BCUT2D eigenvalue weighted by molar-refractivity contribution is -0.143. The Hall–Kier alpha value is -2.34. The minimum atomic E-state index is -0.636. The second-order valence-electron chi connectivity index (χ2n) is 10.5. The molecular weight excluding hydrogens is 402 g/mol. The first-order valence-electron chi connectivity index (χ1n) is 11.8. The first-order chi connectivity index (χ1) is 15.1. The monoisotopic (exact) mass is 439 g/mol. The average molecular weight is 440 g/mol. The number of amides is 1. The van der Waals surface area contributed by atoms with Gasteiger partial charge in [0.05, 0.1) is 11.1 Å². The number of benzene rings is 1. The maximum absolute atomic E-state index is 13.4. The fourth-order valence-electron chi connectivity index (χ4n) is 5.52. The highest BCUT2D eigenvalue weighted by Crippen LogP contribution is 2.41. The maximum Gasteiger partial charge on any atom is 0.237 e. The quantitative estimate of drug-likeness (QED) is 0.696. The summed E-state index contributed by atoms with van der Waals surface area (Å²) in [6, 6.07) is 7.23. The van der Waals surface area contributed by atoms with Crippen LogP contribution < -0.4 is 4.74 Å². The third-order valence-electron chi connectivity index (χ3n) is 7.15. The Bertz CT molecular complexity index is 970. The second-order valence-corrected chi connectivity index (χ2v) is 10.5. The Morgan fingerprint density at radius 1 is 1.16 bits per heavy atom. The number of carbonyl (C=O) groups is 1. The zero-order chi connectivity index (χ0) is 23.2. The molecule has 2 bridgehead atoms. The van der Waals surface area contributed by atoms with Gasteiger partial charge in [-0.3, -0.25) is 9.48 Å². The summed E-state index contributed by atoms with van der Waals surface area (Å²) in [5, 5.41) is 14.7. The highest BCUT2D eigenvalue weighted by Gasteiger charge is 2.46. The molecule has 0 unspecified atom stereocenters. The van der Waals surface area contributed by atoms with Crippen molar-refractivity contribution in [1.82, 2.24) is 14.7 Å². The fourth-order valence-corrected chi connectivity index (χ4v) is 5.52. The van der Waals surface area contributed by atoms with Crippen LogP contribution in [0.3, 0.4) is 0 Å². The van der Waals surface area contributed by atoms with E-state index < -0.39 is 5.41 Å². The van der Waals surface area contributed by atoms with Gasteiger partial charge in [0.2, 0.25) is 11.8 Å². The predicted octanol–water partition coefficient (Wildman–Crippen LogP) is 4.36. The van der Waals surface area contributed by atoms with E-state index >= 15 is 0 Å². The van der Waals surface area contributed by atoms with Gasteiger partial charge in [-0.1, -0.05) is 24.1 Å². The van der Waals surface area contributed by atoms with E-state index in [1.165, 1.54) is 11.1 Å². The third kappa shape index (κ3) is 4.05. The number of nitrogens with zero attached hydrogens (tertiary/aromatic N) is 3. The molecule has 1 aromatic carbocycles. The molecule has 6 heteroatoms. The number of rotatable bonds is 7. The third-order valence-corrected chi connectivity index (χ3v) is 7.15. The molecule has 2 aliphatic heterocycles. The van der Waals surface area contributed by atoms with Crippen LogP contribution in [0.25, 0.3) is 11.3 Å². The topological polar surface area (TPSA) is 67.6 Å². The van der Waals surface area contributed by atoms with Gasteiger partial charge in [-0.25, -0.2) is 0 Å². The first-order valence-corrected chi connectivity index (χ1v) is 11.8. The van der Waals surface area contributed by atoms with E-state index in [-0.39, 0.29) is 25.0 Å². The van der Waals surface area contributed by atoms with Crippen LogP contribution in [0, 0.1) is 19.3 Å². The van der Waals surface area contributed by atoms with Crippen LogP contribution in [0.1, 0.15) is 69.1 Å². The molecule has 2 aliphatic rings. The first kappa shape index (κ1) is 22.8. The molecule has 2 fully saturated rings. The largest absolute Gasteiger partial charge is 0.475 e. The second kappa shape index (κ2) is 8.54. The normalized spacial score (nSPS) is 21.3. The fraction of sp³-hybridized carbons (Fsp3) is 0.615. The van der Waals surface area contributed by atoms with E-state index in [0.717, 1.165) is 42.5 Å². The van der Waals surface area contributed by atoms with E-state index in [1.807, 2.05) is 32.5 Å². The minimum absolute atomic E-state index is 0.000682. The Morgan fingerprint density at radius 2 is 1.72 bits per heavy atom. The molecule has 3 heterocycles. The van der Waals surface area contributed by atoms with E-state index in [1.54, 1.807) is 0 Å². The van der Waals surface area contributed by atoms with Gasteiger partial charge in [-0.15, -0.1) is 5.10 Å². The number of hydrogen-bond acceptors (Lipinski definition) is 4. The number of aryl methyl sites for hydroxylation is 3. The lowest BCUT2D eigenvalue weighted by Gasteiger charge is -2.32. The van der Waals surface area contributed by atoms with E-state index in [9.17, 15) is 9.90 Å². The molecule has 1 atom stereocenters. The Kier molecular flexibility index (Phi) is 6.10. The molecule has 2 saturated heterocycles. The van der Waals surface area contributed by atoms with Crippen molar-refractivity contribution in [2.75, 3.05) is 13.2 Å². The van der Waals surface area contributed by atoms with Crippen LogP contribution in [0.2, 0.25) is 0 Å². The zero-order valence-electron chi connectivity index (χ0n) is 20.3. The molecule has 1 aromatic heterocycles. The lowest BCUT2D eigenvalue weighted by atomic mass is 9.92. The lowest BCUT2D eigenvalue weighted by Crippen LogP contribution is -2.46. The number of ether oxygens (including phenoxy) is 1. The summed E-state index contributed by atoms with van der Waals surface area (Å²) in [5.74, 6) is 0.556. The standard InChI is InChI=1S/C26H37N3O3/c1-16-11-17(2)13-19(12-16)23-22(18(3)14-30)24(27-28(23)6)32-15-26(4,5)25(31)29-20-7-8-21(29)10-9-20/h11-13,18,20-21,30H,7-10,14-15H2,1-6H3/t18-,20?,21?/m1/s1. The van der Waals surface area contributed by atoms with Crippen LogP contribution in [0.15, 0.2) is 18.2 Å². The van der Waals surface area contributed by atoms with Gasteiger partial charge in [-0.2, -0.15) is 0 Å². The number of fused-ring (bicyclic) bond motifs is 2. The average Bonchev–Trinajstić information content (AvgIpc) is 3.42. The predicted molar refractivity (Wildman–Crippen MR) is 126 cm³/mol. The molecule has 32 heavy (non-hydrogen) atoms. The highest BCUT2D eigenvalue weighted by molar-refractivity contribution is 5.83. The van der Waals surface area contributed by atoms with E-state index in [0.29, 0.717) is 18.0 Å². The van der Waals surface area contributed by atoms with Crippen LogP contribution in [-0.4, -0.2) is 51.0 Å². The smallest absolute Gasteiger partial charge is 0.237 e. The molecule has 0 radical (unpaired) electrons. The number of hydrogen-bond donors (Lipinski definition) is 1. The number of carbonyl (C=O) groups excluding carboxylic acids is 1. The van der Waals surface area contributed by atoms with Crippen LogP contribution in [0.5, 0.6) is 5.88 Å². The maximum atomic E-state index is 13.4. The van der Waals surface area contributed by atoms with Crippen molar-refractivity contribution in [2.45, 2.75) is 78.3 Å². The van der Waals surface area contributed by atoms with Gasteiger partial charge in [0.15, 0.2) is 0 Å². The summed E-state index contributed by atoms with van der Waals surface area (Å²) in [7, 11) is 1.91. The van der Waals surface area contributed by atoms with Gasteiger partial charge < -0.3 is 14.7 Å². The zero-order valence-corrected chi connectivity index (χ0v) is 20.3. The molecule has 4 rings (SSSR count). The van der Waals surface area contributed by atoms with Crippen molar-refractivity contribution in [1.29, 1.82) is 0 Å². The van der Waals surface area contributed by atoms with Gasteiger partial charge in [-0.05, 0) is 65.5 Å². The Labute approximate surface area is 191 Å². The van der Waals surface area contributed by atoms with Gasteiger partial charge in [0, 0.05) is 42.8 Å². The van der Waals surface area contributed by atoms with Gasteiger partial charge in [0.1, 0.15) is 6.61 Å². The summed E-state index contributed by atoms with van der Waals surface area (Å²) in [4.78, 5) is 15.5. The van der Waals surface area contributed by atoms with Crippen LogP contribution in [0.4, 0.5) is 0 Å². The number of aromatic nitrogens is 2. The Morgan fingerprint density at radius 3 is 2.25 bits per heavy atom. The van der Waals surface area contributed by atoms with Crippen molar-refractivity contribution >= 4 is 5.91 Å². The molecule has 1 amide bonds. The van der Waals surface area contributed by atoms with Crippen molar-refractivity contribution in [3.63, 3.8) is 0 Å². The minimum Gasteiger partial charge on any atom is -0.475 e. The molecule has 0 aliphatic carbocycles. The van der Waals surface area contributed by atoms with Crippen molar-refractivity contribution in [3.05, 3.63) is 34.9 Å². The molecule has 174 valence electrons. The SMILES string of the molecule is Cc1cc(C)cc(-c2c([C@H](C)CO)c(OCC(C)(C)C(=O)N3C4CCC3CC4)nn2C)c1. The molecular formula is C26H37N3O3. The Balaban J connectivity index is 1.61. The number of aliphatic hydroxyl groups is 1. The summed E-state index contributed by atoms with van der Waals surface area (Å²) < 4.78 is 8.08. The summed E-state index contributed by atoms with van der Waals surface area (Å²) >= 11 is 0. The van der Waals surface area contributed by atoms with Gasteiger partial charge in [0.25, 0.3) is 0 Å². The molecule has 0 saturated carbocycles. The van der Waals surface area contributed by atoms with Crippen molar-refractivity contribution in [3.8, 4) is 17.1 Å². The molecule has 1 N–H and O–H groups in total. The number of aliphatic hydroxyl groups excluding tert-OH is 1. The van der Waals surface area contributed by atoms with Crippen molar-refractivity contribution < 1.29 is 14.6 Å². The highest BCUT2D eigenvalue weighted by atomic mass is 16.5.